The second kappa shape index (κ2) is 10.6. The van der Waals surface area contributed by atoms with Gasteiger partial charge in [-0.25, -0.2) is 13.6 Å². The number of morpholine rings is 1. The van der Waals surface area contributed by atoms with Gasteiger partial charge in [0.1, 0.15) is 35.5 Å². The summed E-state index contributed by atoms with van der Waals surface area (Å²) < 4.78 is 47.9. The van der Waals surface area contributed by atoms with Gasteiger partial charge >= 0.3 is 11.6 Å². The molecule has 0 radical (unpaired) electrons. The number of phenolic OH excluding ortho intramolecular Hbond substituents is 1. The Morgan fingerprint density at radius 1 is 1.17 bits per heavy atom. The van der Waals surface area contributed by atoms with Crippen LogP contribution in [0.5, 0.6) is 11.8 Å². The summed E-state index contributed by atoms with van der Waals surface area (Å²) in [5, 5.41) is 11.6. The van der Waals surface area contributed by atoms with E-state index in [2.05, 4.69) is 10.8 Å². The fraction of sp³-hybridized carbons (Fsp3) is 0.457. The molecule has 1 spiro atoms. The maximum atomic E-state index is 14.9. The van der Waals surface area contributed by atoms with Crippen LogP contribution in [0.2, 0.25) is 0 Å². The number of anilines is 1. The van der Waals surface area contributed by atoms with Crippen LogP contribution in [0.25, 0.3) is 33.0 Å². The fourth-order valence-electron chi connectivity index (χ4n) is 8.06. The topological polar surface area (TPSA) is 101 Å². The first-order chi connectivity index (χ1) is 22.2. The van der Waals surface area contributed by atoms with E-state index in [9.17, 15) is 18.7 Å². The summed E-state index contributed by atoms with van der Waals surface area (Å²) in [6.45, 7) is 4.74. The number of phenols is 1. The van der Waals surface area contributed by atoms with Gasteiger partial charge in [0.05, 0.1) is 28.8 Å². The van der Waals surface area contributed by atoms with Crippen molar-refractivity contribution >= 4 is 27.5 Å². The number of hydrogen-bond acceptors (Lipinski definition) is 9. The standard InChI is InChI=1S/C35H34F2N4O5/c1-3-24-26(37)7-6-21-14-23(42)15-25(27(21)24)30-20(2)29-28(32(43)46-30)31(40-12-13-45-35(18-40)9-4-10-35)39-33(38-29)44-19-34-8-5-11-41(34)17-22(36)16-34/h1,6-7,14-15,22,42H,4-5,8-13,16-19H2,2H3/t22-,34+/m1/s1. The van der Waals surface area contributed by atoms with Gasteiger partial charge in [-0.15, -0.1) is 6.42 Å². The van der Waals surface area contributed by atoms with E-state index in [1.807, 2.05) is 4.90 Å². The van der Waals surface area contributed by atoms with Gasteiger partial charge in [-0.2, -0.15) is 9.97 Å². The number of ether oxygens (including phenoxy) is 2. The van der Waals surface area contributed by atoms with Gasteiger partial charge in [0, 0.05) is 42.6 Å². The van der Waals surface area contributed by atoms with E-state index in [-0.39, 0.29) is 46.2 Å². The molecule has 0 amide bonds. The molecule has 2 aromatic heterocycles. The van der Waals surface area contributed by atoms with Crippen molar-refractivity contribution < 1.29 is 27.8 Å². The van der Waals surface area contributed by atoms with Crippen molar-refractivity contribution in [3.8, 4) is 35.4 Å². The van der Waals surface area contributed by atoms with E-state index in [0.717, 1.165) is 38.6 Å². The summed E-state index contributed by atoms with van der Waals surface area (Å²) in [6, 6.07) is 5.72. The second-order valence-electron chi connectivity index (χ2n) is 13.2. The van der Waals surface area contributed by atoms with Crippen LogP contribution in [0, 0.1) is 25.1 Å². The van der Waals surface area contributed by atoms with Crippen LogP contribution in [0.4, 0.5) is 14.6 Å². The van der Waals surface area contributed by atoms with Crippen LogP contribution in [-0.2, 0) is 4.74 Å². The third-order valence-electron chi connectivity index (χ3n) is 10.4. The molecule has 2 aromatic carbocycles. The second-order valence-corrected chi connectivity index (χ2v) is 13.2. The molecular weight excluding hydrogens is 594 g/mol. The summed E-state index contributed by atoms with van der Waals surface area (Å²) in [5.41, 5.74) is -0.348. The molecule has 11 heteroatoms. The third kappa shape index (κ3) is 4.53. The van der Waals surface area contributed by atoms with Crippen molar-refractivity contribution in [1.29, 1.82) is 0 Å². The lowest BCUT2D eigenvalue weighted by Crippen LogP contribution is -2.56. The first-order valence-electron chi connectivity index (χ1n) is 15.9. The lowest BCUT2D eigenvalue weighted by molar-refractivity contribution is -0.106. The number of aromatic hydroxyl groups is 1. The van der Waals surface area contributed by atoms with Crippen LogP contribution < -0.4 is 15.3 Å². The SMILES string of the molecule is C#Cc1c(F)ccc2cc(O)cc(-c3oc(=O)c4c(N5CCOC6(CCC6)C5)nc(OC[C@@]56CCCN5C[C@H](F)C6)nc4c3C)c12. The van der Waals surface area contributed by atoms with E-state index in [0.29, 0.717) is 60.3 Å². The lowest BCUT2D eigenvalue weighted by atomic mass is 9.79. The quantitative estimate of drug-likeness (QED) is 0.297. The Bertz CT molecular complexity index is 2000. The van der Waals surface area contributed by atoms with Crippen molar-refractivity contribution in [2.24, 2.45) is 0 Å². The molecular formula is C35H34F2N4O5. The summed E-state index contributed by atoms with van der Waals surface area (Å²) in [4.78, 5) is 27.7. The Labute approximate surface area is 264 Å². The number of hydrogen-bond donors (Lipinski definition) is 1. The van der Waals surface area contributed by atoms with Gasteiger partial charge in [-0.05, 0) is 69.2 Å². The number of halogens is 2. The molecule has 46 heavy (non-hydrogen) atoms. The number of aromatic nitrogens is 2. The number of nitrogens with zero attached hydrogens (tertiary/aromatic N) is 4. The minimum atomic E-state index is -0.909. The van der Waals surface area contributed by atoms with Gasteiger partial charge < -0.3 is 23.9 Å². The molecule has 238 valence electrons. The smallest absolute Gasteiger partial charge is 0.349 e. The number of fused-ring (bicyclic) bond motifs is 3. The highest BCUT2D eigenvalue weighted by atomic mass is 19.1. The van der Waals surface area contributed by atoms with Gasteiger partial charge in [-0.3, -0.25) is 4.90 Å². The van der Waals surface area contributed by atoms with Crippen molar-refractivity contribution in [1.82, 2.24) is 14.9 Å². The van der Waals surface area contributed by atoms with Gasteiger partial charge in [0.15, 0.2) is 5.82 Å². The average Bonchev–Trinajstić information content (AvgIpc) is 3.56. The molecule has 9 nitrogen and oxygen atoms in total. The Balaban J connectivity index is 1.31. The van der Waals surface area contributed by atoms with Gasteiger partial charge in [-0.1, -0.05) is 12.0 Å². The molecule has 4 aromatic rings. The van der Waals surface area contributed by atoms with E-state index >= 15 is 0 Å². The monoisotopic (exact) mass is 628 g/mol. The number of benzene rings is 2. The maximum absolute atomic E-state index is 14.9. The Hall–Kier alpha value is -4.27. The van der Waals surface area contributed by atoms with Crippen molar-refractivity contribution in [3.63, 3.8) is 0 Å². The van der Waals surface area contributed by atoms with Gasteiger partial charge in [0.2, 0.25) is 0 Å². The molecule has 4 fully saturated rings. The highest BCUT2D eigenvalue weighted by Gasteiger charge is 2.49. The maximum Gasteiger partial charge on any atom is 0.349 e. The van der Waals surface area contributed by atoms with Crippen LogP contribution >= 0.6 is 0 Å². The Kier molecular flexibility index (Phi) is 6.74. The number of alkyl halides is 1. The number of rotatable bonds is 5. The zero-order valence-corrected chi connectivity index (χ0v) is 25.6. The van der Waals surface area contributed by atoms with Crippen LogP contribution in [0.15, 0.2) is 33.5 Å². The largest absolute Gasteiger partial charge is 0.508 e. The van der Waals surface area contributed by atoms with Crippen molar-refractivity contribution in [3.05, 3.63) is 51.6 Å². The normalized spacial score (nSPS) is 24.0. The molecule has 4 aliphatic rings. The van der Waals surface area contributed by atoms with Crippen LogP contribution in [0.3, 0.4) is 0 Å². The molecule has 5 heterocycles. The van der Waals surface area contributed by atoms with Crippen LogP contribution in [0.1, 0.15) is 49.7 Å². The predicted octanol–water partition coefficient (Wildman–Crippen LogP) is 5.25. The highest BCUT2D eigenvalue weighted by Crippen LogP contribution is 2.43. The van der Waals surface area contributed by atoms with Crippen molar-refractivity contribution in [2.75, 3.05) is 44.3 Å². The summed E-state index contributed by atoms with van der Waals surface area (Å²) in [5.74, 6) is 2.20. The molecule has 0 bridgehead atoms. The molecule has 0 unspecified atom stereocenters. The van der Waals surface area contributed by atoms with E-state index in [4.69, 9.17) is 30.3 Å². The molecule has 3 saturated heterocycles. The first kappa shape index (κ1) is 29.2. The molecule has 1 saturated carbocycles. The molecule has 1 N–H and O–H groups in total. The first-order valence-corrected chi connectivity index (χ1v) is 15.9. The molecule has 1 aliphatic carbocycles. The number of aryl methyl sites for hydroxylation is 1. The summed E-state index contributed by atoms with van der Waals surface area (Å²) >= 11 is 0. The average molecular weight is 629 g/mol. The van der Waals surface area contributed by atoms with E-state index in [1.54, 1.807) is 6.92 Å². The molecule has 3 aliphatic heterocycles. The van der Waals surface area contributed by atoms with E-state index < -0.39 is 23.2 Å². The minimum absolute atomic E-state index is 0.00994. The van der Waals surface area contributed by atoms with Crippen molar-refractivity contribution in [2.45, 2.75) is 62.8 Å². The van der Waals surface area contributed by atoms with E-state index in [1.165, 1.54) is 24.3 Å². The lowest BCUT2D eigenvalue weighted by Gasteiger charge is -2.48. The zero-order valence-electron chi connectivity index (χ0n) is 25.6. The molecule has 8 rings (SSSR count). The molecule has 2 atom stereocenters. The highest BCUT2D eigenvalue weighted by molar-refractivity contribution is 6.03. The fourth-order valence-corrected chi connectivity index (χ4v) is 8.06. The van der Waals surface area contributed by atoms with Crippen LogP contribution in [-0.4, -0.2) is 76.7 Å². The predicted molar refractivity (Wildman–Crippen MR) is 169 cm³/mol. The Morgan fingerprint density at radius 2 is 2.02 bits per heavy atom. The summed E-state index contributed by atoms with van der Waals surface area (Å²) in [7, 11) is 0. The Morgan fingerprint density at radius 3 is 2.80 bits per heavy atom. The summed E-state index contributed by atoms with van der Waals surface area (Å²) in [6.07, 6.45) is 9.93. The van der Waals surface area contributed by atoms with Gasteiger partial charge in [0.25, 0.3) is 0 Å². The minimum Gasteiger partial charge on any atom is -0.508 e. The number of terminal acetylenes is 1. The third-order valence-corrected chi connectivity index (χ3v) is 10.4. The zero-order chi connectivity index (χ0) is 31.8.